The average Bonchev–Trinajstić information content (AvgIpc) is 3.85. The van der Waals surface area contributed by atoms with Gasteiger partial charge in [-0.15, -0.1) is 0 Å². The lowest BCUT2D eigenvalue weighted by Gasteiger charge is -2.29. The number of methoxy groups -OCH3 is 1. The number of rotatable bonds is 9. The van der Waals surface area contributed by atoms with Crippen molar-refractivity contribution in [2.75, 3.05) is 13.7 Å². The molecule has 9 nitrogen and oxygen atoms in total. The van der Waals surface area contributed by atoms with Gasteiger partial charge in [0.15, 0.2) is 0 Å². The summed E-state index contributed by atoms with van der Waals surface area (Å²) >= 11 is 0. The molecule has 0 radical (unpaired) electrons. The largest absolute Gasteiger partial charge is 0.497 e. The molecule has 194 valence electrons. The highest BCUT2D eigenvalue weighted by molar-refractivity contribution is 6.08. The summed E-state index contributed by atoms with van der Waals surface area (Å²) in [7, 11) is 1.63. The molecule has 2 amide bonds. The van der Waals surface area contributed by atoms with Crippen LogP contribution in [0.2, 0.25) is 0 Å². The van der Waals surface area contributed by atoms with E-state index in [1.165, 1.54) is 19.2 Å². The molecule has 3 aliphatic rings. The fourth-order valence-corrected chi connectivity index (χ4v) is 5.06. The number of aromatic nitrogens is 3. The SMILES string of the molecule is COc1ccc(-c2ncnc3c(C(=O)N[C@H]4CC[C@H](NC(=O)C5CC5)CC4)c[nH]c23)c(OCC2CC2)c1. The van der Waals surface area contributed by atoms with Gasteiger partial charge >= 0.3 is 0 Å². The van der Waals surface area contributed by atoms with Crippen LogP contribution < -0.4 is 20.1 Å². The maximum Gasteiger partial charge on any atom is 0.255 e. The van der Waals surface area contributed by atoms with Gasteiger partial charge in [0.25, 0.3) is 5.91 Å². The molecule has 9 heteroatoms. The van der Waals surface area contributed by atoms with Crippen LogP contribution in [0.25, 0.3) is 22.3 Å². The lowest BCUT2D eigenvalue weighted by atomic mass is 9.91. The molecule has 2 heterocycles. The van der Waals surface area contributed by atoms with E-state index < -0.39 is 0 Å². The molecule has 3 N–H and O–H groups in total. The van der Waals surface area contributed by atoms with Crippen molar-refractivity contribution in [1.29, 1.82) is 0 Å². The third kappa shape index (κ3) is 5.26. The number of carbonyl (C=O) groups excluding carboxylic acids is 2. The molecule has 37 heavy (non-hydrogen) atoms. The van der Waals surface area contributed by atoms with Crippen molar-refractivity contribution in [2.45, 2.75) is 63.5 Å². The van der Waals surface area contributed by atoms with Gasteiger partial charge in [-0.05, 0) is 69.4 Å². The second-order valence-electron chi connectivity index (χ2n) is 10.6. The Bertz CT molecular complexity index is 1310. The number of H-pyrrole nitrogens is 1. The van der Waals surface area contributed by atoms with Crippen LogP contribution in [0.3, 0.4) is 0 Å². The van der Waals surface area contributed by atoms with E-state index in [0.29, 0.717) is 46.3 Å². The molecule has 0 bridgehead atoms. The van der Waals surface area contributed by atoms with Gasteiger partial charge in [-0.25, -0.2) is 9.97 Å². The second-order valence-corrected chi connectivity index (χ2v) is 10.6. The molecule has 6 rings (SSSR count). The van der Waals surface area contributed by atoms with Crippen molar-refractivity contribution < 1.29 is 19.1 Å². The Morgan fingerprint density at radius 1 is 1.00 bits per heavy atom. The number of amides is 2. The lowest BCUT2D eigenvalue weighted by molar-refractivity contribution is -0.123. The van der Waals surface area contributed by atoms with Crippen molar-refractivity contribution >= 4 is 22.8 Å². The Balaban J connectivity index is 1.17. The number of hydrogen-bond acceptors (Lipinski definition) is 6. The highest BCUT2D eigenvalue weighted by Crippen LogP contribution is 2.38. The third-order valence-electron chi connectivity index (χ3n) is 7.68. The summed E-state index contributed by atoms with van der Waals surface area (Å²) in [6.45, 7) is 0.666. The van der Waals surface area contributed by atoms with Gasteiger partial charge in [-0.2, -0.15) is 0 Å². The highest BCUT2D eigenvalue weighted by atomic mass is 16.5. The van der Waals surface area contributed by atoms with Gasteiger partial charge < -0.3 is 25.1 Å². The normalized spacial score (nSPS) is 21.4. The minimum Gasteiger partial charge on any atom is -0.497 e. The molecule has 0 spiro atoms. The zero-order valence-electron chi connectivity index (χ0n) is 21.1. The molecule has 0 saturated heterocycles. The van der Waals surface area contributed by atoms with Gasteiger partial charge in [0.05, 0.1) is 24.8 Å². The summed E-state index contributed by atoms with van der Waals surface area (Å²) in [5.41, 5.74) is 3.29. The Morgan fingerprint density at radius 3 is 2.46 bits per heavy atom. The van der Waals surface area contributed by atoms with Crippen LogP contribution in [-0.2, 0) is 4.79 Å². The minimum atomic E-state index is -0.152. The van der Waals surface area contributed by atoms with Crippen molar-refractivity contribution in [3.05, 3.63) is 36.3 Å². The van der Waals surface area contributed by atoms with Crippen LogP contribution >= 0.6 is 0 Å². The molecule has 0 unspecified atom stereocenters. The van der Waals surface area contributed by atoms with Gasteiger partial charge in [0, 0.05) is 35.8 Å². The third-order valence-corrected chi connectivity index (χ3v) is 7.68. The second kappa shape index (κ2) is 10.0. The first-order valence-electron chi connectivity index (χ1n) is 13.3. The predicted molar refractivity (Wildman–Crippen MR) is 138 cm³/mol. The van der Waals surface area contributed by atoms with E-state index in [1.54, 1.807) is 13.3 Å². The molecular weight excluding hydrogens is 470 g/mol. The maximum atomic E-state index is 13.2. The van der Waals surface area contributed by atoms with Gasteiger partial charge in [0.1, 0.15) is 29.0 Å². The molecule has 0 aliphatic heterocycles. The Kier molecular flexibility index (Phi) is 6.44. The number of ether oxygens (including phenoxy) is 2. The maximum absolute atomic E-state index is 13.2. The van der Waals surface area contributed by atoms with Crippen LogP contribution in [0, 0.1) is 11.8 Å². The lowest BCUT2D eigenvalue weighted by Crippen LogP contribution is -2.44. The summed E-state index contributed by atoms with van der Waals surface area (Å²) < 4.78 is 11.6. The fourth-order valence-electron chi connectivity index (χ4n) is 5.06. The van der Waals surface area contributed by atoms with E-state index in [2.05, 4.69) is 25.6 Å². The molecule has 3 aliphatic carbocycles. The van der Waals surface area contributed by atoms with E-state index in [0.717, 1.165) is 44.1 Å². The van der Waals surface area contributed by atoms with Crippen LogP contribution in [0.15, 0.2) is 30.7 Å². The number of carbonyl (C=O) groups is 2. The van der Waals surface area contributed by atoms with Crippen molar-refractivity contribution in [3.63, 3.8) is 0 Å². The Morgan fingerprint density at radius 2 is 1.76 bits per heavy atom. The average molecular weight is 504 g/mol. The molecule has 3 fully saturated rings. The molecule has 3 saturated carbocycles. The monoisotopic (exact) mass is 503 g/mol. The fraction of sp³-hybridized carbons (Fsp3) is 0.500. The van der Waals surface area contributed by atoms with Gasteiger partial charge in [-0.1, -0.05) is 0 Å². The summed E-state index contributed by atoms with van der Waals surface area (Å²) in [5, 5.41) is 6.34. The number of hydrogen-bond donors (Lipinski definition) is 3. The summed E-state index contributed by atoms with van der Waals surface area (Å²) in [6.07, 6.45) is 11.1. The summed E-state index contributed by atoms with van der Waals surface area (Å²) in [4.78, 5) is 37.5. The van der Waals surface area contributed by atoms with E-state index in [4.69, 9.17) is 9.47 Å². The number of benzene rings is 1. The highest BCUT2D eigenvalue weighted by Gasteiger charge is 2.32. The van der Waals surface area contributed by atoms with Crippen LogP contribution in [-0.4, -0.2) is 52.6 Å². The number of fused-ring (bicyclic) bond motifs is 1. The first-order valence-corrected chi connectivity index (χ1v) is 13.3. The van der Waals surface area contributed by atoms with E-state index >= 15 is 0 Å². The summed E-state index contributed by atoms with van der Waals surface area (Å²) in [6, 6.07) is 5.99. The van der Waals surface area contributed by atoms with Gasteiger partial charge in [-0.3, -0.25) is 9.59 Å². The number of nitrogens with one attached hydrogen (secondary N) is 3. The topological polar surface area (TPSA) is 118 Å². The van der Waals surface area contributed by atoms with Crippen molar-refractivity contribution in [3.8, 4) is 22.8 Å². The zero-order chi connectivity index (χ0) is 25.4. The van der Waals surface area contributed by atoms with Crippen molar-refractivity contribution in [2.24, 2.45) is 11.8 Å². The smallest absolute Gasteiger partial charge is 0.255 e. The zero-order valence-corrected chi connectivity index (χ0v) is 21.1. The quantitative estimate of drug-likeness (QED) is 0.406. The number of nitrogens with zero attached hydrogens (tertiary/aromatic N) is 2. The Labute approximate surface area is 215 Å². The Hall–Kier alpha value is -3.62. The van der Waals surface area contributed by atoms with Crippen LogP contribution in [0.5, 0.6) is 11.5 Å². The first kappa shape index (κ1) is 23.8. The molecule has 1 aromatic carbocycles. The van der Waals surface area contributed by atoms with Crippen LogP contribution in [0.1, 0.15) is 61.7 Å². The molecule has 3 aromatic rings. The van der Waals surface area contributed by atoms with Gasteiger partial charge in [0.2, 0.25) is 5.91 Å². The number of aromatic amines is 1. The van der Waals surface area contributed by atoms with E-state index in [1.807, 2.05) is 18.2 Å². The van der Waals surface area contributed by atoms with E-state index in [-0.39, 0.29) is 29.8 Å². The standard InChI is InChI=1S/C28H33N5O4/c1-36-20-10-11-21(23(12-20)37-14-16-2-3-16)24-26-25(31-15-30-24)22(13-29-26)28(35)33-19-8-6-18(7-9-19)32-27(34)17-4-5-17/h10-13,15-19,29H,2-9,14H2,1H3,(H,32,34)(H,33,35)/t18-,19-. The summed E-state index contributed by atoms with van der Waals surface area (Å²) in [5.74, 6) is 2.30. The van der Waals surface area contributed by atoms with Crippen LogP contribution in [0.4, 0.5) is 0 Å². The first-order chi connectivity index (χ1) is 18.1. The van der Waals surface area contributed by atoms with E-state index in [9.17, 15) is 9.59 Å². The molecular formula is C28H33N5O4. The predicted octanol–water partition coefficient (Wildman–Crippen LogP) is 3.99. The molecule has 0 atom stereocenters. The minimum absolute atomic E-state index is 0.0804. The molecule has 2 aromatic heterocycles. The van der Waals surface area contributed by atoms with Crippen molar-refractivity contribution in [1.82, 2.24) is 25.6 Å².